The smallest absolute Gasteiger partial charge is 0.194 e. The first kappa shape index (κ1) is 12.8. The lowest BCUT2D eigenvalue weighted by molar-refractivity contribution is 0.296. The average molecular weight is 205 g/mol. The monoisotopic (exact) mass is 204 g/mol. The normalized spacial score (nSPS) is 13.2. The molecule has 0 N–H and O–H groups in total. The molecule has 0 bridgehead atoms. The molecule has 0 aromatic carbocycles. The molecule has 0 saturated heterocycles. The topological polar surface area (TPSA) is 15.6 Å². The second kappa shape index (κ2) is 5.48. The fraction of sp³-hybridized carbons (Fsp3) is 0.900. The Bertz CT molecular complexity index is 166. The zero-order valence-electron chi connectivity index (χ0n) is 9.50. The van der Waals surface area contributed by atoms with Gasteiger partial charge in [0.1, 0.15) is 0 Å². The van der Waals surface area contributed by atoms with Crippen LogP contribution in [-0.4, -0.2) is 28.3 Å². The molecule has 0 rings (SSSR count). The first-order valence-electron chi connectivity index (χ1n) is 4.87. The van der Waals surface area contributed by atoms with E-state index in [0.29, 0.717) is 17.4 Å². The van der Waals surface area contributed by atoms with E-state index < -0.39 is 0 Å². The van der Waals surface area contributed by atoms with Crippen LogP contribution in [0, 0.1) is 0 Å². The molecule has 0 atom stereocenters. The summed E-state index contributed by atoms with van der Waals surface area (Å²) in [7, 11) is 0. The van der Waals surface area contributed by atoms with Crippen molar-refractivity contribution in [1.29, 1.82) is 0 Å². The van der Waals surface area contributed by atoms with E-state index in [4.69, 9.17) is 11.6 Å². The highest BCUT2D eigenvalue weighted by molar-refractivity contribution is 6.64. The summed E-state index contributed by atoms with van der Waals surface area (Å²) < 4.78 is 0. The molecule has 0 spiro atoms. The van der Waals surface area contributed by atoms with E-state index in [1.807, 2.05) is 13.8 Å². The minimum Gasteiger partial charge on any atom is -0.342 e. The van der Waals surface area contributed by atoms with Crippen molar-refractivity contribution in [3.8, 4) is 0 Å². The standard InChI is InChI=1S/C10H21ClN2/c1-7(2)12-10(11)13(8(3)4)9(5)6/h7-9H,1-6H3. The van der Waals surface area contributed by atoms with Gasteiger partial charge in [-0.05, 0) is 53.1 Å². The molecule has 0 aromatic rings. The van der Waals surface area contributed by atoms with Gasteiger partial charge in [0.15, 0.2) is 5.29 Å². The molecule has 0 saturated carbocycles. The number of rotatable bonds is 3. The van der Waals surface area contributed by atoms with Gasteiger partial charge in [0.25, 0.3) is 0 Å². The first-order valence-corrected chi connectivity index (χ1v) is 5.25. The summed E-state index contributed by atoms with van der Waals surface area (Å²) in [4.78, 5) is 6.44. The number of hydrogen-bond donors (Lipinski definition) is 0. The highest BCUT2D eigenvalue weighted by Crippen LogP contribution is 2.10. The van der Waals surface area contributed by atoms with Crippen LogP contribution >= 0.6 is 11.6 Å². The predicted octanol–water partition coefficient (Wildman–Crippen LogP) is 3.11. The molecule has 0 fully saturated rings. The third-order valence-electron chi connectivity index (χ3n) is 1.69. The van der Waals surface area contributed by atoms with Crippen LogP contribution in [0.1, 0.15) is 41.5 Å². The van der Waals surface area contributed by atoms with Crippen molar-refractivity contribution >= 4 is 16.9 Å². The molecule has 0 aliphatic rings. The van der Waals surface area contributed by atoms with Crippen LogP contribution in [0.4, 0.5) is 0 Å². The van der Waals surface area contributed by atoms with E-state index in [1.165, 1.54) is 0 Å². The van der Waals surface area contributed by atoms with Gasteiger partial charge >= 0.3 is 0 Å². The summed E-state index contributed by atoms with van der Waals surface area (Å²) in [5.74, 6) is 0. The minimum absolute atomic E-state index is 0.257. The molecule has 78 valence electrons. The molecular formula is C10H21ClN2. The van der Waals surface area contributed by atoms with Gasteiger partial charge in [-0.15, -0.1) is 0 Å². The summed E-state index contributed by atoms with van der Waals surface area (Å²) >= 11 is 6.11. The van der Waals surface area contributed by atoms with Gasteiger partial charge in [-0.2, -0.15) is 0 Å². The third-order valence-corrected chi connectivity index (χ3v) is 1.98. The quantitative estimate of drug-likeness (QED) is 0.392. The lowest BCUT2D eigenvalue weighted by Gasteiger charge is -2.31. The van der Waals surface area contributed by atoms with E-state index in [-0.39, 0.29) is 6.04 Å². The van der Waals surface area contributed by atoms with E-state index >= 15 is 0 Å². The SMILES string of the molecule is CC(C)N=C(Cl)N(C(C)C)C(C)C. The van der Waals surface area contributed by atoms with Crippen molar-refractivity contribution in [2.75, 3.05) is 0 Å². The van der Waals surface area contributed by atoms with Crippen LogP contribution in [0.5, 0.6) is 0 Å². The fourth-order valence-electron chi connectivity index (χ4n) is 1.30. The highest BCUT2D eigenvalue weighted by Gasteiger charge is 2.16. The molecule has 0 heterocycles. The first-order chi connectivity index (χ1) is 5.86. The Hall–Kier alpha value is -0.240. The van der Waals surface area contributed by atoms with Crippen LogP contribution in [0.15, 0.2) is 4.99 Å². The zero-order valence-corrected chi connectivity index (χ0v) is 10.3. The van der Waals surface area contributed by atoms with E-state index in [2.05, 4.69) is 37.6 Å². The maximum Gasteiger partial charge on any atom is 0.194 e. The van der Waals surface area contributed by atoms with Gasteiger partial charge in [0.05, 0.1) is 0 Å². The van der Waals surface area contributed by atoms with Crippen molar-refractivity contribution in [3.63, 3.8) is 0 Å². The molecule has 0 aliphatic carbocycles. The van der Waals surface area contributed by atoms with Crippen molar-refractivity contribution < 1.29 is 0 Å². The van der Waals surface area contributed by atoms with Crippen LogP contribution in [0.25, 0.3) is 0 Å². The largest absolute Gasteiger partial charge is 0.342 e. The van der Waals surface area contributed by atoms with Gasteiger partial charge in [-0.25, -0.2) is 0 Å². The van der Waals surface area contributed by atoms with Crippen LogP contribution < -0.4 is 0 Å². The molecule has 0 radical (unpaired) electrons. The van der Waals surface area contributed by atoms with Crippen LogP contribution in [-0.2, 0) is 0 Å². The molecule has 0 amide bonds. The van der Waals surface area contributed by atoms with Gasteiger partial charge < -0.3 is 4.90 Å². The van der Waals surface area contributed by atoms with E-state index in [1.54, 1.807) is 0 Å². The minimum atomic E-state index is 0.257. The molecule has 2 nitrogen and oxygen atoms in total. The molecule has 13 heavy (non-hydrogen) atoms. The number of nitrogens with zero attached hydrogens (tertiary/aromatic N) is 2. The van der Waals surface area contributed by atoms with Gasteiger partial charge in [-0.3, -0.25) is 4.99 Å². The Morgan fingerprint density at radius 2 is 1.38 bits per heavy atom. The van der Waals surface area contributed by atoms with Crippen molar-refractivity contribution in [2.24, 2.45) is 4.99 Å². The molecule has 0 unspecified atom stereocenters. The Balaban J connectivity index is 4.55. The van der Waals surface area contributed by atoms with Crippen molar-refractivity contribution in [2.45, 2.75) is 59.7 Å². The molecular weight excluding hydrogens is 184 g/mol. The highest BCUT2D eigenvalue weighted by atomic mass is 35.5. The summed E-state index contributed by atoms with van der Waals surface area (Å²) in [5.41, 5.74) is 0. The Labute approximate surface area is 87.0 Å². The maximum atomic E-state index is 6.11. The fourth-order valence-corrected chi connectivity index (χ4v) is 1.89. The van der Waals surface area contributed by atoms with Gasteiger partial charge in [0.2, 0.25) is 0 Å². The third kappa shape index (κ3) is 4.51. The molecule has 3 heteroatoms. The Kier molecular flexibility index (Phi) is 5.38. The Morgan fingerprint density at radius 1 is 1.00 bits per heavy atom. The van der Waals surface area contributed by atoms with Crippen LogP contribution in [0.2, 0.25) is 0 Å². The lowest BCUT2D eigenvalue weighted by Crippen LogP contribution is -2.40. The van der Waals surface area contributed by atoms with Crippen molar-refractivity contribution in [1.82, 2.24) is 4.90 Å². The van der Waals surface area contributed by atoms with Gasteiger partial charge in [-0.1, -0.05) is 0 Å². The van der Waals surface area contributed by atoms with Crippen LogP contribution in [0.3, 0.4) is 0 Å². The number of amidine groups is 1. The van der Waals surface area contributed by atoms with E-state index in [9.17, 15) is 0 Å². The summed E-state index contributed by atoms with van der Waals surface area (Å²) in [6.07, 6.45) is 0. The Morgan fingerprint density at radius 3 is 1.62 bits per heavy atom. The predicted molar refractivity (Wildman–Crippen MR) is 60.5 cm³/mol. The number of halogens is 1. The maximum absolute atomic E-state index is 6.11. The second-order valence-corrected chi connectivity index (χ2v) is 4.42. The van der Waals surface area contributed by atoms with E-state index in [0.717, 1.165) is 0 Å². The lowest BCUT2D eigenvalue weighted by atomic mass is 10.2. The second-order valence-electron chi connectivity index (χ2n) is 4.09. The molecule has 0 aromatic heterocycles. The number of aliphatic imine (C=N–C) groups is 1. The number of hydrogen-bond acceptors (Lipinski definition) is 1. The zero-order chi connectivity index (χ0) is 10.6. The van der Waals surface area contributed by atoms with Gasteiger partial charge in [0, 0.05) is 18.1 Å². The summed E-state index contributed by atoms with van der Waals surface area (Å²) in [6.45, 7) is 12.6. The summed E-state index contributed by atoms with van der Waals surface area (Å²) in [6, 6.07) is 1.05. The molecule has 0 aliphatic heterocycles. The van der Waals surface area contributed by atoms with Crippen molar-refractivity contribution in [3.05, 3.63) is 0 Å². The average Bonchev–Trinajstić information content (AvgIpc) is 1.81. The summed E-state index contributed by atoms with van der Waals surface area (Å²) in [5, 5.41) is 0.625.